The van der Waals surface area contributed by atoms with Gasteiger partial charge in [-0.3, -0.25) is 9.69 Å². The fourth-order valence-electron chi connectivity index (χ4n) is 4.39. The minimum absolute atomic E-state index is 0.0935. The molecule has 2 saturated heterocycles. The SMILES string of the molecule is CCN1CCC[C@H]1CN(CC(=O)N1CCNCC1)S(=O)(=O)c1ccc(C)cc1C. The quantitative estimate of drug-likeness (QED) is 0.715. The van der Waals surface area contributed by atoms with Crippen molar-refractivity contribution in [2.24, 2.45) is 0 Å². The van der Waals surface area contributed by atoms with Gasteiger partial charge in [0.1, 0.15) is 0 Å². The summed E-state index contributed by atoms with van der Waals surface area (Å²) in [5.41, 5.74) is 1.75. The van der Waals surface area contributed by atoms with E-state index < -0.39 is 10.0 Å². The van der Waals surface area contributed by atoms with E-state index in [1.165, 1.54) is 4.31 Å². The van der Waals surface area contributed by atoms with Crippen molar-refractivity contribution in [2.45, 2.75) is 44.6 Å². The number of hydrogen-bond donors (Lipinski definition) is 1. The molecule has 162 valence electrons. The number of rotatable bonds is 7. The normalized spacial score (nSPS) is 21.1. The number of sulfonamides is 1. The summed E-state index contributed by atoms with van der Waals surface area (Å²) in [6.45, 7) is 10.8. The number of benzene rings is 1. The molecule has 3 rings (SSSR count). The van der Waals surface area contributed by atoms with Crippen LogP contribution in [0.5, 0.6) is 0 Å². The molecule has 2 aliphatic heterocycles. The summed E-state index contributed by atoms with van der Waals surface area (Å²) in [4.78, 5) is 17.3. The average molecular weight is 423 g/mol. The predicted octanol–water partition coefficient (Wildman–Crippen LogP) is 1.21. The number of piperazine rings is 1. The Morgan fingerprint density at radius 3 is 2.59 bits per heavy atom. The van der Waals surface area contributed by atoms with Gasteiger partial charge in [0.25, 0.3) is 0 Å². The van der Waals surface area contributed by atoms with Crippen molar-refractivity contribution in [2.75, 3.05) is 52.4 Å². The summed E-state index contributed by atoms with van der Waals surface area (Å²) in [7, 11) is -3.76. The second-order valence-corrected chi connectivity index (χ2v) is 10.0. The number of carbonyl (C=O) groups is 1. The molecule has 8 heteroatoms. The Hall–Kier alpha value is -1.48. The van der Waals surface area contributed by atoms with E-state index in [1.807, 2.05) is 26.0 Å². The number of likely N-dealkylation sites (tertiary alicyclic amines) is 1. The molecule has 2 fully saturated rings. The molecule has 29 heavy (non-hydrogen) atoms. The summed E-state index contributed by atoms with van der Waals surface area (Å²) in [6.07, 6.45) is 2.04. The van der Waals surface area contributed by atoms with Crippen LogP contribution in [-0.2, 0) is 14.8 Å². The van der Waals surface area contributed by atoms with Gasteiger partial charge in [0, 0.05) is 38.8 Å². The highest BCUT2D eigenvalue weighted by atomic mass is 32.2. The van der Waals surface area contributed by atoms with Gasteiger partial charge in [0.15, 0.2) is 0 Å². The standard InChI is InChI=1S/C21H34N4O3S/c1-4-23-11-5-6-19(23)15-25(16-21(26)24-12-9-22-10-13-24)29(27,28)20-8-7-17(2)14-18(20)3/h7-8,14,19,22H,4-6,9-13,15-16H2,1-3H3/t19-/m0/s1. The van der Waals surface area contributed by atoms with Crippen molar-refractivity contribution in [3.05, 3.63) is 29.3 Å². The zero-order valence-electron chi connectivity index (χ0n) is 17.9. The highest BCUT2D eigenvalue weighted by Gasteiger charge is 2.34. The van der Waals surface area contributed by atoms with Crippen molar-refractivity contribution in [1.29, 1.82) is 0 Å². The Bertz CT molecular complexity index is 821. The number of nitrogens with one attached hydrogen (secondary N) is 1. The van der Waals surface area contributed by atoms with Crippen LogP contribution in [0.1, 0.15) is 30.9 Å². The molecule has 0 aliphatic carbocycles. The summed E-state index contributed by atoms with van der Waals surface area (Å²) in [5.74, 6) is -0.110. The van der Waals surface area contributed by atoms with E-state index in [1.54, 1.807) is 11.0 Å². The van der Waals surface area contributed by atoms with E-state index in [0.29, 0.717) is 24.5 Å². The molecule has 1 aromatic rings. The molecule has 0 saturated carbocycles. The molecule has 0 radical (unpaired) electrons. The smallest absolute Gasteiger partial charge is 0.243 e. The first kappa shape index (κ1) is 22.2. The molecular formula is C21H34N4O3S. The minimum Gasteiger partial charge on any atom is -0.339 e. The largest absolute Gasteiger partial charge is 0.339 e. The van der Waals surface area contributed by atoms with Crippen LogP contribution in [0.25, 0.3) is 0 Å². The molecule has 0 bridgehead atoms. The van der Waals surface area contributed by atoms with Crippen LogP contribution in [0, 0.1) is 13.8 Å². The fraction of sp³-hybridized carbons (Fsp3) is 0.667. The highest BCUT2D eigenvalue weighted by Crippen LogP contribution is 2.24. The highest BCUT2D eigenvalue weighted by molar-refractivity contribution is 7.89. The van der Waals surface area contributed by atoms with Crippen molar-refractivity contribution in [3.8, 4) is 0 Å². The minimum atomic E-state index is -3.76. The van der Waals surface area contributed by atoms with E-state index in [-0.39, 0.29) is 18.5 Å². The maximum atomic E-state index is 13.6. The maximum Gasteiger partial charge on any atom is 0.243 e. The van der Waals surface area contributed by atoms with Gasteiger partial charge >= 0.3 is 0 Å². The lowest BCUT2D eigenvalue weighted by molar-refractivity contribution is -0.132. The van der Waals surface area contributed by atoms with Gasteiger partial charge in [-0.1, -0.05) is 24.6 Å². The Morgan fingerprint density at radius 1 is 1.21 bits per heavy atom. The monoisotopic (exact) mass is 422 g/mol. The van der Waals surface area contributed by atoms with Crippen LogP contribution in [0.2, 0.25) is 0 Å². The number of hydrogen-bond acceptors (Lipinski definition) is 5. The Balaban J connectivity index is 1.87. The van der Waals surface area contributed by atoms with E-state index in [0.717, 1.165) is 50.1 Å². The third kappa shape index (κ3) is 5.17. The van der Waals surface area contributed by atoms with Gasteiger partial charge in [-0.2, -0.15) is 4.31 Å². The van der Waals surface area contributed by atoms with Crippen LogP contribution in [0.3, 0.4) is 0 Å². The van der Waals surface area contributed by atoms with Crippen LogP contribution in [-0.4, -0.2) is 86.8 Å². The second-order valence-electron chi connectivity index (χ2n) is 8.12. The van der Waals surface area contributed by atoms with E-state index in [2.05, 4.69) is 17.1 Å². The molecule has 7 nitrogen and oxygen atoms in total. The van der Waals surface area contributed by atoms with Crippen molar-refractivity contribution in [3.63, 3.8) is 0 Å². The lowest BCUT2D eigenvalue weighted by atomic mass is 10.2. The number of amides is 1. The molecule has 2 heterocycles. The first-order valence-electron chi connectivity index (χ1n) is 10.6. The summed E-state index contributed by atoms with van der Waals surface area (Å²) in [5, 5.41) is 3.23. The van der Waals surface area contributed by atoms with E-state index >= 15 is 0 Å². The molecule has 1 amide bonds. The summed E-state index contributed by atoms with van der Waals surface area (Å²) < 4.78 is 28.6. The topological polar surface area (TPSA) is 73.0 Å². The van der Waals surface area contributed by atoms with Gasteiger partial charge < -0.3 is 10.2 Å². The Labute approximate surface area is 175 Å². The molecular weight excluding hydrogens is 388 g/mol. The van der Waals surface area contributed by atoms with Crippen LogP contribution < -0.4 is 5.32 Å². The number of aryl methyl sites for hydroxylation is 2. The number of carbonyl (C=O) groups excluding carboxylic acids is 1. The van der Waals surface area contributed by atoms with E-state index in [4.69, 9.17) is 0 Å². The van der Waals surface area contributed by atoms with Gasteiger partial charge in [0.05, 0.1) is 11.4 Å². The maximum absolute atomic E-state index is 13.6. The summed E-state index contributed by atoms with van der Waals surface area (Å²) >= 11 is 0. The lowest BCUT2D eigenvalue weighted by Crippen LogP contribution is -2.52. The zero-order chi connectivity index (χ0) is 21.0. The Morgan fingerprint density at radius 2 is 1.93 bits per heavy atom. The molecule has 1 N–H and O–H groups in total. The first-order valence-corrected chi connectivity index (χ1v) is 12.1. The Kier molecular flexibility index (Phi) is 7.32. The second kappa shape index (κ2) is 9.55. The third-order valence-corrected chi connectivity index (χ3v) is 8.02. The fourth-order valence-corrected chi connectivity index (χ4v) is 6.03. The predicted molar refractivity (Wildman–Crippen MR) is 114 cm³/mol. The lowest BCUT2D eigenvalue weighted by Gasteiger charge is -2.33. The molecule has 0 spiro atoms. The number of nitrogens with zero attached hydrogens (tertiary/aromatic N) is 3. The molecule has 1 aromatic carbocycles. The molecule has 0 unspecified atom stereocenters. The van der Waals surface area contributed by atoms with Crippen LogP contribution in [0.4, 0.5) is 0 Å². The molecule has 2 aliphatic rings. The average Bonchev–Trinajstić information content (AvgIpc) is 3.15. The van der Waals surface area contributed by atoms with Gasteiger partial charge in [0.2, 0.25) is 15.9 Å². The van der Waals surface area contributed by atoms with Crippen molar-refractivity contribution < 1.29 is 13.2 Å². The third-order valence-electron chi connectivity index (χ3n) is 6.05. The van der Waals surface area contributed by atoms with Crippen LogP contribution >= 0.6 is 0 Å². The first-order chi connectivity index (χ1) is 13.8. The number of likely N-dealkylation sites (N-methyl/N-ethyl adjacent to an activating group) is 1. The zero-order valence-corrected chi connectivity index (χ0v) is 18.7. The van der Waals surface area contributed by atoms with Crippen molar-refractivity contribution >= 4 is 15.9 Å². The molecule has 0 aromatic heterocycles. The molecule has 1 atom stereocenters. The van der Waals surface area contributed by atoms with Crippen molar-refractivity contribution in [1.82, 2.24) is 19.4 Å². The van der Waals surface area contributed by atoms with Gasteiger partial charge in [-0.05, 0) is 51.4 Å². The van der Waals surface area contributed by atoms with Gasteiger partial charge in [-0.15, -0.1) is 0 Å². The van der Waals surface area contributed by atoms with E-state index in [9.17, 15) is 13.2 Å². The van der Waals surface area contributed by atoms with Gasteiger partial charge in [-0.25, -0.2) is 8.42 Å². The van der Waals surface area contributed by atoms with Crippen LogP contribution in [0.15, 0.2) is 23.1 Å². The summed E-state index contributed by atoms with van der Waals surface area (Å²) in [6, 6.07) is 5.55.